The van der Waals surface area contributed by atoms with Gasteiger partial charge in [-0.2, -0.15) is 0 Å². The van der Waals surface area contributed by atoms with Crippen molar-refractivity contribution in [1.82, 2.24) is 18.3 Å². The molecule has 4 heterocycles. The van der Waals surface area contributed by atoms with Crippen LogP contribution in [-0.4, -0.2) is 18.3 Å². The third kappa shape index (κ3) is 8.51. The van der Waals surface area contributed by atoms with Gasteiger partial charge in [0.25, 0.3) is 0 Å². The van der Waals surface area contributed by atoms with Crippen molar-refractivity contribution in [3.8, 4) is 123 Å². The molecule has 4 nitrogen and oxygen atoms in total. The van der Waals surface area contributed by atoms with Gasteiger partial charge in [0.05, 0.1) is 49.8 Å². The molecule has 0 saturated heterocycles. The standard InChI is InChI=1S/C104H62N4/c1-4-18-63(19-5-1)66-37-52-101-91(57-66)92-61-70(41-53-102(92)108(101)96-55-48-84-77-25-11-10-24-76(77)82-30-17-31-86(96)104(82)84)68-39-50-98-89(59-68)80-27-13-15-33-95(80)107(98)74-43-34-64(35-44-74)65-36-45-78-83-29-16-28-81-75(46-47-85(103(81)83)87(78)56-65)71-42-54-100-93(62-71)90-60-69(40-51-99(90)106(100)73-22-8-3-9-23-73)67-38-49-97-88(58-67)79-26-12-14-32-94(79)105(97)72-20-6-2-7-21-72/h1-62H. The molecule has 0 amide bonds. The number of rotatable bonds is 9. The van der Waals surface area contributed by atoms with E-state index in [1.807, 2.05) is 0 Å². The molecule has 2 aliphatic rings. The fraction of sp³-hybridized carbons (Fsp3) is 0. The molecule has 0 spiro atoms. The van der Waals surface area contributed by atoms with E-state index < -0.39 is 0 Å². The Balaban J connectivity index is 0.570. The minimum absolute atomic E-state index is 1.13. The topological polar surface area (TPSA) is 19.7 Å². The Bertz CT molecular complexity index is 7600. The SMILES string of the molecule is c1ccc(-c2ccc3c(c2)c2cc(-c4ccc5c(c4)c4ccccc4n5-c4ccc(-c5ccc6c(c5)-c5ccc(-c7ccc8c(c7)c7cc(-c9ccc%10c(c9)c9ccccc9n%10-c9ccccc9)ccc7n8-c7ccccc7)c7cccc-6c57)cc4)ccc2n3-c2ccc3c4c(cccc24)-c2ccccc2-3)cc1. The van der Waals surface area contributed by atoms with Crippen molar-refractivity contribution in [1.29, 1.82) is 0 Å². The van der Waals surface area contributed by atoms with Crippen LogP contribution in [-0.2, 0) is 0 Å². The Morgan fingerprint density at radius 2 is 0.426 bits per heavy atom. The maximum Gasteiger partial charge on any atom is 0.0541 e. The first-order valence-corrected chi connectivity index (χ1v) is 37.4. The van der Waals surface area contributed by atoms with Crippen molar-refractivity contribution >= 4 is 109 Å². The number of hydrogen-bond donors (Lipinski definition) is 0. The number of para-hydroxylation sites is 4. The van der Waals surface area contributed by atoms with Crippen LogP contribution < -0.4 is 0 Å². The van der Waals surface area contributed by atoms with Crippen LogP contribution in [0.2, 0.25) is 0 Å². The second kappa shape index (κ2) is 22.6. The van der Waals surface area contributed by atoms with Crippen LogP contribution in [0.1, 0.15) is 0 Å². The zero-order valence-corrected chi connectivity index (χ0v) is 58.6. The number of benzene rings is 18. The van der Waals surface area contributed by atoms with Gasteiger partial charge in [0, 0.05) is 65.5 Å². The fourth-order valence-corrected chi connectivity index (χ4v) is 19.0. The lowest BCUT2D eigenvalue weighted by atomic mass is 9.93. The summed E-state index contributed by atoms with van der Waals surface area (Å²) >= 11 is 0. The Hall–Kier alpha value is -14.3. The van der Waals surface area contributed by atoms with Crippen molar-refractivity contribution in [2.24, 2.45) is 0 Å². The average molecular weight is 1370 g/mol. The van der Waals surface area contributed by atoms with Gasteiger partial charge in [0.2, 0.25) is 0 Å². The van der Waals surface area contributed by atoms with Gasteiger partial charge in [-0.05, 0) is 250 Å². The van der Waals surface area contributed by atoms with E-state index >= 15 is 0 Å². The predicted octanol–water partition coefficient (Wildman–Crippen LogP) is 28.0. The smallest absolute Gasteiger partial charge is 0.0541 e. The zero-order valence-electron chi connectivity index (χ0n) is 58.6. The highest BCUT2D eigenvalue weighted by Crippen LogP contribution is 2.53. The first-order valence-electron chi connectivity index (χ1n) is 37.4. The molecule has 0 radical (unpaired) electrons. The largest absolute Gasteiger partial charge is 0.309 e. The molecule has 22 aromatic rings. The van der Waals surface area contributed by atoms with Crippen LogP contribution in [0.5, 0.6) is 0 Å². The Labute approximate surface area is 622 Å². The average Bonchev–Trinajstić information content (AvgIpc) is 1.58. The van der Waals surface area contributed by atoms with Gasteiger partial charge in [0.1, 0.15) is 0 Å². The Morgan fingerprint density at radius 1 is 0.130 bits per heavy atom. The highest BCUT2D eigenvalue weighted by Gasteiger charge is 2.28. The van der Waals surface area contributed by atoms with E-state index in [1.165, 1.54) is 215 Å². The van der Waals surface area contributed by atoms with Crippen LogP contribution in [0, 0.1) is 0 Å². The molecule has 0 bridgehead atoms. The van der Waals surface area contributed by atoms with E-state index in [1.54, 1.807) is 0 Å². The van der Waals surface area contributed by atoms with Gasteiger partial charge in [0.15, 0.2) is 0 Å². The van der Waals surface area contributed by atoms with E-state index in [9.17, 15) is 0 Å². The molecule has 18 aromatic carbocycles. The first kappa shape index (κ1) is 59.1. The molecule has 108 heavy (non-hydrogen) atoms. The molecule has 0 saturated carbocycles. The fourth-order valence-electron chi connectivity index (χ4n) is 19.0. The summed E-state index contributed by atoms with van der Waals surface area (Å²) in [7, 11) is 0. The van der Waals surface area contributed by atoms with Crippen LogP contribution >= 0.6 is 0 Å². The second-order valence-electron chi connectivity index (χ2n) is 29.4. The lowest BCUT2D eigenvalue weighted by molar-refractivity contribution is 1.18. The minimum Gasteiger partial charge on any atom is -0.309 e. The van der Waals surface area contributed by atoms with E-state index in [0.29, 0.717) is 0 Å². The molecule has 2 aliphatic carbocycles. The number of fused-ring (bicyclic) bond motifs is 18. The van der Waals surface area contributed by atoms with Crippen molar-refractivity contribution in [3.05, 3.63) is 376 Å². The number of aromatic nitrogens is 4. The van der Waals surface area contributed by atoms with E-state index in [2.05, 4.69) is 394 Å². The summed E-state index contributed by atoms with van der Waals surface area (Å²) in [6, 6.07) is 141. The predicted molar refractivity (Wildman–Crippen MR) is 455 cm³/mol. The van der Waals surface area contributed by atoms with Crippen LogP contribution in [0.4, 0.5) is 0 Å². The summed E-state index contributed by atoms with van der Waals surface area (Å²) in [4.78, 5) is 0. The van der Waals surface area contributed by atoms with Crippen LogP contribution in [0.25, 0.3) is 232 Å². The molecule has 0 fully saturated rings. The highest BCUT2D eigenvalue weighted by atomic mass is 15.0. The summed E-state index contributed by atoms with van der Waals surface area (Å²) in [5, 5.41) is 15.0. The van der Waals surface area contributed by atoms with Crippen molar-refractivity contribution in [3.63, 3.8) is 0 Å². The van der Waals surface area contributed by atoms with Gasteiger partial charge in [-0.1, -0.05) is 243 Å². The van der Waals surface area contributed by atoms with Gasteiger partial charge in [-0.15, -0.1) is 0 Å². The molecular formula is C104H62N4. The van der Waals surface area contributed by atoms with Crippen molar-refractivity contribution in [2.75, 3.05) is 0 Å². The van der Waals surface area contributed by atoms with Crippen molar-refractivity contribution in [2.45, 2.75) is 0 Å². The second-order valence-corrected chi connectivity index (χ2v) is 29.4. The van der Waals surface area contributed by atoms with Crippen molar-refractivity contribution < 1.29 is 0 Å². The normalized spacial score (nSPS) is 12.3. The monoisotopic (exact) mass is 1370 g/mol. The van der Waals surface area contributed by atoms with E-state index in [0.717, 1.165) is 17.1 Å². The third-order valence-corrected chi connectivity index (χ3v) is 23.9. The summed E-state index contributed by atoms with van der Waals surface area (Å²) in [6.45, 7) is 0. The summed E-state index contributed by atoms with van der Waals surface area (Å²) in [6.07, 6.45) is 0. The lowest BCUT2D eigenvalue weighted by Crippen LogP contribution is -1.96. The Morgan fingerprint density at radius 3 is 0.954 bits per heavy atom. The molecule has 24 rings (SSSR count). The van der Waals surface area contributed by atoms with Gasteiger partial charge in [-0.3, -0.25) is 0 Å². The molecule has 4 aromatic heterocycles. The molecule has 0 unspecified atom stereocenters. The minimum atomic E-state index is 1.13. The molecular weight excluding hydrogens is 1310 g/mol. The highest BCUT2D eigenvalue weighted by molar-refractivity contribution is 6.23. The summed E-state index contributed by atoms with van der Waals surface area (Å²) < 4.78 is 9.77. The van der Waals surface area contributed by atoms with E-state index in [4.69, 9.17) is 0 Å². The molecule has 4 heteroatoms. The third-order valence-electron chi connectivity index (χ3n) is 23.9. The first-order chi connectivity index (χ1) is 53.6. The van der Waals surface area contributed by atoms with E-state index in [-0.39, 0.29) is 0 Å². The van der Waals surface area contributed by atoms with Crippen LogP contribution in [0.15, 0.2) is 376 Å². The van der Waals surface area contributed by atoms with Crippen LogP contribution in [0.3, 0.4) is 0 Å². The lowest BCUT2D eigenvalue weighted by Gasteiger charge is -2.14. The summed E-state index contributed by atoms with van der Waals surface area (Å²) in [5.41, 5.74) is 36.5. The molecule has 498 valence electrons. The maximum atomic E-state index is 2.51. The Kier molecular flexibility index (Phi) is 12.4. The van der Waals surface area contributed by atoms with Gasteiger partial charge in [-0.25, -0.2) is 0 Å². The van der Waals surface area contributed by atoms with Gasteiger partial charge >= 0.3 is 0 Å². The zero-order chi connectivity index (χ0) is 70.4. The number of hydrogen-bond acceptors (Lipinski definition) is 0. The quantitative estimate of drug-likeness (QED) is 0.137. The number of nitrogens with zero attached hydrogens (tertiary/aromatic N) is 4. The molecule has 0 atom stereocenters. The summed E-state index contributed by atoms with van der Waals surface area (Å²) in [5.74, 6) is 0. The molecule has 0 aliphatic heterocycles. The molecule has 0 N–H and O–H groups in total. The maximum absolute atomic E-state index is 2.51. The van der Waals surface area contributed by atoms with Gasteiger partial charge < -0.3 is 18.3 Å².